The molecule has 3 aromatic rings. The summed E-state index contributed by atoms with van der Waals surface area (Å²) in [6.45, 7) is 4.02. The van der Waals surface area contributed by atoms with E-state index < -0.39 is 10.0 Å². The second kappa shape index (κ2) is 9.66. The molecular weight excluding hydrogens is 412 g/mol. The number of carbonyl (C=O) groups is 1. The Hall–Kier alpha value is -3.32. The number of nitrogens with zero attached hydrogens (tertiary/aromatic N) is 1. The van der Waals surface area contributed by atoms with Gasteiger partial charge in [-0.2, -0.15) is 0 Å². The minimum atomic E-state index is -3.81. The SMILES string of the molecule is Cc1cccc(N(C)S(=O)(=O)c2cccc(C(=O)N[C@@H](C)COc3ccccc3)c2)c1. The average molecular weight is 439 g/mol. The molecule has 0 spiro atoms. The van der Waals surface area contributed by atoms with Crippen molar-refractivity contribution in [2.45, 2.75) is 24.8 Å². The van der Waals surface area contributed by atoms with Crippen molar-refractivity contribution in [3.8, 4) is 5.75 Å². The Kier molecular flexibility index (Phi) is 6.97. The van der Waals surface area contributed by atoms with Gasteiger partial charge in [-0.25, -0.2) is 8.42 Å². The van der Waals surface area contributed by atoms with Gasteiger partial charge in [0.05, 0.1) is 16.6 Å². The zero-order valence-electron chi connectivity index (χ0n) is 17.8. The van der Waals surface area contributed by atoms with Crippen molar-refractivity contribution < 1.29 is 17.9 Å². The van der Waals surface area contributed by atoms with Crippen molar-refractivity contribution in [1.82, 2.24) is 5.32 Å². The predicted octanol–water partition coefficient (Wildman–Crippen LogP) is 4.02. The van der Waals surface area contributed by atoms with Crippen LogP contribution in [0, 0.1) is 6.92 Å². The Morgan fingerprint density at radius 2 is 1.71 bits per heavy atom. The summed E-state index contributed by atoms with van der Waals surface area (Å²) in [5.74, 6) is 0.357. The first-order valence-electron chi connectivity index (χ1n) is 9.92. The van der Waals surface area contributed by atoms with E-state index in [1.54, 1.807) is 30.3 Å². The van der Waals surface area contributed by atoms with Crippen molar-refractivity contribution in [3.63, 3.8) is 0 Å². The smallest absolute Gasteiger partial charge is 0.264 e. The van der Waals surface area contributed by atoms with Crippen LogP contribution in [0.15, 0.2) is 83.8 Å². The van der Waals surface area contributed by atoms with E-state index >= 15 is 0 Å². The summed E-state index contributed by atoms with van der Waals surface area (Å²) in [7, 11) is -2.31. The van der Waals surface area contributed by atoms with E-state index in [0.29, 0.717) is 12.3 Å². The van der Waals surface area contributed by atoms with Gasteiger partial charge in [-0.3, -0.25) is 9.10 Å². The quantitative estimate of drug-likeness (QED) is 0.576. The molecule has 3 aromatic carbocycles. The molecule has 6 nitrogen and oxygen atoms in total. The third kappa shape index (κ3) is 5.64. The number of hydrogen-bond donors (Lipinski definition) is 1. The molecule has 0 aliphatic heterocycles. The van der Waals surface area contributed by atoms with Gasteiger partial charge in [0.25, 0.3) is 15.9 Å². The van der Waals surface area contributed by atoms with Gasteiger partial charge in [0.2, 0.25) is 0 Å². The highest BCUT2D eigenvalue weighted by molar-refractivity contribution is 7.92. The number of sulfonamides is 1. The molecule has 0 fully saturated rings. The Morgan fingerprint density at radius 1 is 1.00 bits per heavy atom. The number of hydrogen-bond acceptors (Lipinski definition) is 4. The van der Waals surface area contributed by atoms with Crippen LogP contribution in [0.3, 0.4) is 0 Å². The van der Waals surface area contributed by atoms with Crippen molar-refractivity contribution in [2.75, 3.05) is 18.0 Å². The molecule has 0 heterocycles. The molecular formula is C24H26N2O4S. The molecule has 0 aromatic heterocycles. The number of aryl methyl sites for hydroxylation is 1. The van der Waals surface area contributed by atoms with Crippen LogP contribution in [-0.4, -0.2) is 34.0 Å². The fourth-order valence-corrected chi connectivity index (χ4v) is 4.24. The Balaban J connectivity index is 1.70. The van der Waals surface area contributed by atoms with E-state index in [1.807, 2.05) is 50.2 Å². The van der Waals surface area contributed by atoms with Crippen molar-refractivity contribution in [3.05, 3.63) is 90.0 Å². The van der Waals surface area contributed by atoms with E-state index in [1.165, 1.54) is 23.5 Å². The molecule has 0 aliphatic rings. The molecule has 0 saturated carbocycles. The minimum absolute atomic E-state index is 0.0531. The first-order valence-corrected chi connectivity index (χ1v) is 11.4. The van der Waals surface area contributed by atoms with Crippen molar-refractivity contribution in [2.24, 2.45) is 0 Å². The van der Waals surface area contributed by atoms with E-state index in [2.05, 4.69) is 5.32 Å². The monoisotopic (exact) mass is 438 g/mol. The zero-order chi connectivity index (χ0) is 22.4. The van der Waals surface area contributed by atoms with Crippen LogP contribution >= 0.6 is 0 Å². The lowest BCUT2D eigenvalue weighted by Gasteiger charge is -2.20. The molecule has 0 radical (unpaired) electrons. The highest BCUT2D eigenvalue weighted by atomic mass is 32.2. The van der Waals surface area contributed by atoms with Crippen LogP contribution < -0.4 is 14.4 Å². The van der Waals surface area contributed by atoms with Crippen molar-refractivity contribution in [1.29, 1.82) is 0 Å². The number of rotatable bonds is 8. The molecule has 3 rings (SSSR count). The average Bonchev–Trinajstić information content (AvgIpc) is 2.78. The highest BCUT2D eigenvalue weighted by Gasteiger charge is 2.23. The van der Waals surface area contributed by atoms with Gasteiger partial charge in [0.15, 0.2) is 0 Å². The first-order chi connectivity index (χ1) is 14.8. The summed E-state index contributed by atoms with van der Waals surface area (Å²) < 4.78 is 33.0. The number of ether oxygens (including phenoxy) is 1. The number of anilines is 1. The standard InChI is InChI=1S/C24H26N2O4S/c1-18-9-7-11-21(15-18)26(3)31(28,29)23-14-8-10-20(16-23)24(27)25-19(2)17-30-22-12-5-4-6-13-22/h4-16,19H,17H2,1-3H3,(H,25,27)/t19-/m0/s1. The molecule has 0 bridgehead atoms. The maximum Gasteiger partial charge on any atom is 0.264 e. The maximum atomic E-state index is 13.1. The lowest BCUT2D eigenvalue weighted by atomic mass is 10.2. The lowest BCUT2D eigenvalue weighted by Crippen LogP contribution is -2.37. The molecule has 0 aliphatic carbocycles. The van der Waals surface area contributed by atoms with Crippen molar-refractivity contribution >= 4 is 21.6 Å². The molecule has 31 heavy (non-hydrogen) atoms. The normalized spacial score (nSPS) is 12.1. The summed E-state index contributed by atoms with van der Waals surface area (Å²) in [6, 6.07) is 22.3. The summed E-state index contributed by atoms with van der Waals surface area (Å²) >= 11 is 0. The minimum Gasteiger partial charge on any atom is -0.491 e. The zero-order valence-corrected chi connectivity index (χ0v) is 18.6. The fourth-order valence-electron chi connectivity index (χ4n) is 3.01. The molecule has 1 N–H and O–H groups in total. The van der Waals surface area contributed by atoms with Gasteiger partial charge in [0, 0.05) is 12.6 Å². The summed E-state index contributed by atoms with van der Waals surface area (Å²) in [5.41, 5.74) is 1.78. The lowest BCUT2D eigenvalue weighted by molar-refractivity contribution is 0.0926. The second-order valence-electron chi connectivity index (χ2n) is 7.34. The Labute approximate surface area is 183 Å². The summed E-state index contributed by atoms with van der Waals surface area (Å²) in [5, 5.41) is 2.84. The van der Waals surface area contributed by atoms with Gasteiger partial charge in [-0.05, 0) is 61.9 Å². The number of para-hydroxylation sites is 1. The molecule has 1 amide bonds. The number of nitrogens with one attached hydrogen (secondary N) is 1. The third-order valence-corrected chi connectivity index (χ3v) is 6.52. The van der Waals surface area contributed by atoms with Crippen LogP contribution in [-0.2, 0) is 10.0 Å². The van der Waals surface area contributed by atoms with Gasteiger partial charge in [-0.15, -0.1) is 0 Å². The Morgan fingerprint density at radius 3 is 2.42 bits per heavy atom. The van der Waals surface area contributed by atoms with Gasteiger partial charge in [-0.1, -0.05) is 36.4 Å². The van der Waals surface area contributed by atoms with Crippen LogP contribution in [0.1, 0.15) is 22.8 Å². The van der Waals surface area contributed by atoms with Gasteiger partial charge in [0.1, 0.15) is 12.4 Å². The molecule has 162 valence electrons. The number of amides is 1. The third-order valence-electron chi connectivity index (χ3n) is 4.74. The van der Waals surface area contributed by atoms with E-state index in [0.717, 1.165) is 11.3 Å². The maximum absolute atomic E-state index is 13.1. The largest absolute Gasteiger partial charge is 0.491 e. The topological polar surface area (TPSA) is 75.7 Å². The van der Waals surface area contributed by atoms with Crippen LogP contribution in [0.5, 0.6) is 5.75 Å². The van der Waals surface area contributed by atoms with Crippen LogP contribution in [0.2, 0.25) is 0 Å². The highest BCUT2D eigenvalue weighted by Crippen LogP contribution is 2.23. The van der Waals surface area contributed by atoms with Gasteiger partial charge >= 0.3 is 0 Å². The van der Waals surface area contributed by atoms with Gasteiger partial charge < -0.3 is 10.1 Å². The predicted molar refractivity (Wildman–Crippen MR) is 122 cm³/mol. The number of carbonyl (C=O) groups excluding carboxylic acids is 1. The summed E-state index contributed by atoms with van der Waals surface area (Å²) in [6.07, 6.45) is 0. The van der Waals surface area contributed by atoms with Crippen LogP contribution in [0.4, 0.5) is 5.69 Å². The second-order valence-corrected chi connectivity index (χ2v) is 9.31. The van der Waals surface area contributed by atoms with Crippen LogP contribution in [0.25, 0.3) is 0 Å². The molecule has 7 heteroatoms. The molecule has 0 unspecified atom stereocenters. The number of benzene rings is 3. The fraction of sp³-hybridized carbons (Fsp3) is 0.208. The first kappa shape index (κ1) is 22.4. The van der Waals surface area contributed by atoms with E-state index in [9.17, 15) is 13.2 Å². The summed E-state index contributed by atoms with van der Waals surface area (Å²) in [4.78, 5) is 12.7. The Bertz CT molecular complexity index is 1150. The van der Waals surface area contributed by atoms with E-state index in [-0.39, 0.29) is 22.4 Å². The molecule has 1 atom stereocenters. The van der Waals surface area contributed by atoms with E-state index in [4.69, 9.17) is 4.74 Å². The molecule has 0 saturated heterocycles.